The highest BCUT2D eigenvalue weighted by atomic mass is 16.6. The molecule has 5 rings (SSSR count). The van der Waals surface area contributed by atoms with Crippen molar-refractivity contribution in [2.45, 2.75) is 39.6 Å². The number of fused-ring (bicyclic) bond motifs is 1. The molecule has 0 aliphatic rings. The molecule has 0 spiro atoms. The van der Waals surface area contributed by atoms with Crippen molar-refractivity contribution in [3.63, 3.8) is 0 Å². The molecular weight excluding hydrogens is 528 g/mol. The topological polar surface area (TPSA) is 82.1 Å². The van der Waals surface area contributed by atoms with Gasteiger partial charge in [0.2, 0.25) is 5.78 Å². The number of carbonyl (C=O) groups is 2. The summed E-state index contributed by atoms with van der Waals surface area (Å²) >= 11 is 0. The summed E-state index contributed by atoms with van der Waals surface area (Å²) in [4.78, 5) is 27.0. The van der Waals surface area contributed by atoms with Crippen molar-refractivity contribution in [3.8, 4) is 17.2 Å². The molecule has 0 saturated carbocycles. The summed E-state index contributed by atoms with van der Waals surface area (Å²) < 4.78 is 18.2. The number of benzene rings is 5. The molecule has 0 amide bonds. The van der Waals surface area contributed by atoms with Crippen LogP contribution in [-0.4, -0.2) is 22.5 Å². The smallest absolute Gasteiger partial charge is 0.338 e. The van der Waals surface area contributed by atoms with Gasteiger partial charge in [-0.05, 0) is 44.0 Å². The SMILES string of the molecule is CC(C)(C)OC(=O)c1cccc(C(=O)c2c(OCc3ccccc3)c(OCc3ccccc3)c3ccccc3c2O)c1. The van der Waals surface area contributed by atoms with Gasteiger partial charge < -0.3 is 19.3 Å². The molecule has 1 N–H and O–H groups in total. The zero-order valence-electron chi connectivity index (χ0n) is 23.8. The van der Waals surface area contributed by atoms with Crippen molar-refractivity contribution in [3.05, 3.63) is 137 Å². The molecule has 0 heterocycles. The average Bonchev–Trinajstić information content (AvgIpc) is 2.99. The molecule has 0 aliphatic heterocycles. The average molecular weight is 561 g/mol. The fraction of sp³-hybridized carbons (Fsp3) is 0.167. The Labute approximate surface area is 245 Å². The zero-order chi connectivity index (χ0) is 29.7. The van der Waals surface area contributed by atoms with Gasteiger partial charge in [0.05, 0.1) is 5.56 Å². The molecule has 0 unspecified atom stereocenters. The Morgan fingerprint density at radius 1 is 0.643 bits per heavy atom. The van der Waals surface area contributed by atoms with E-state index >= 15 is 0 Å². The first-order chi connectivity index (χ1) is 20.2. The van der Waals surface area contributed by atoms with Crippen LogP contribution >= 0.6 is 0 Å². The maximum Gasteiger partial charge on any atom is 0.338 e. The molecule has 6 nitrogen and oxygen atoms in total. The van der Waals surface area contributed by atoms with E-state index in [4.69, 9.17) is 14.2 Å². The van der Waals surface area contributed by atoms with Crippen LogP contribution in [0.2, 0.25) is 0 Å². The first kappa shape index (κ1) is 28.4. The van der Waals surface area contributed by atoms with Gasteiger partial charge in [-0.15, -0.1) is 0 Å². The van der Waals surface area contributed by atoms with E-state index in [0.29, 0.717) is 16.5 Å². The van der Waals surface area contributed by atoms with Crippen molar-refractivity contribution in [1.29, 1.82) is 0 Å². The van der Waals surface area contributed by atoms with Gasteiger partial charge in [0.1, 0.15) is 30.1 Å². The van der Waals surface area contributed by atoms with Crippen LogP contribution < -0.4 is 9.47 Å². The summed E-state index contributed by atoms with van der Waals surface area (Å²) in [6.45, 7) is 5.69. The van der Waals surface area contributed by atoms with Crippen LogP contribution in [0.1, 0.15) is 58.2 Å². The second-order valence-corrected chi connectivity index (χ2v) is 10.9. The van der Waals surface area contributed by atoms with E-state index in [1.54, 1.807) is 51.1 Å². The maximum atomic E-state index is 14.2. The third kappa shape index (κ3) is 6.44. The van der Waals surface area contributed by atoms with Crippen molar-refractivity contribution < 1.29 is 28.9 Å². The quantitative estimate of drug-likeness (QED) is 0.146. The Bertz CT molecular complexity index is 1720. The molecule has 0 saturated heterocycles. The van der Waals surface area contributed by atoms with Crippen LogP contribution in [-0.2, 0) is 18.0 Å². The summed E-state index contributed by atoms with van der Waals surface area (Å²) in [7, 11) is 0. The number of hydrogen-bond acceptors (Lipinski definition) is 6. The minimum Gasteiger partial charge on any atom is -0.506 e. The van der Waals surface area contributed by atoms with E-state index in [2.05, 4.69) is 0 Å². The molecule has 0 atom stereocenters. The number of carbonyl (C=O) groups excluding carboxylic acids is 2. The molecule has 0 aliphatic carbocycles. The zero-order valence-corrected chi connectivity index (χ0v) is 23.8. The number of esters is 1. The molecule has 5 aromatic carbocycles. The van der Waals surface area contributed by atoms with Gasteiger partial charge in [-0.3, -0.25) is 4.79 Å². The van der Waals surface area contributed by atoms with Gasteiger partial charge in [-0.1, -0.05) is 97.1 Å². The Hall–Kier alpha value is -5.10. The van der Waals surface area contributed by atoms with Crippen molar-refractivity contribution >= 4 is 22.5 Å². The van der Waals surface area contributed by atoms with Crippen molar-refractivity contribution in [1.82, 2.24) is 0 Å². The summed E-state index contributed by atoms with van der Waals surface area (Å²) in [5, 5.41) is 12.6. The highest BCUT2D eigenvalue weighted by Crippen LogP contribution is 2.47. The number of rotatable bonds is 9. The highest BCUT2D eigenvalue weighted by molar-refractivity contribution is 6.17. The lowest BCUT2D eigenvalue weighted by Crippen LogP contribution is -2.24. The first-order valence-electron chi connectivity index (χ1n) is 13.7. The monoisotopic (exact) mass is 560 g/mol. The second kappa shape index (κ2) is 12.2. The Balaban J connectivity index is 1.64. The van der Waals surface area contributed by atoms with Crippen LogP contribution in [0.25, 0.3) is 10.8 Å². The number of phenolic OH excluding ortho intramolecular Hbond substituents is 1. The van der Waals surface area contributed by atoms with Gasteiger partial charge in [0.25, 0.3) is 0 Å². The predicted molar refractivity (Wildman–Crippen MR) is 162 cm³/mol. The molecule has 0 radical (unpaired) electrons. The number of ether oxygens (including phenoxy) is 3. The van der Waals surface area contributed by atoms with Crippen LogP contribution in [0, 0.1) is 0 Å². The standard InChI is InChI=1S/C36H32O6/c1-36(2,3)42-35(39)27-18-12-17-26(21-27)31(37)30-32(38)28-19-10-11-20-29(28)33(40-22-24-13-6-4-7-14-24)34(30)41-23-25-15-8-5-9-16-25/h4-21,38H,22-23H2,1-3H3. The minimum absolute atomic E-state index is 0.0472. The molecule has 6 heteroatoms. The van der Waals surface area contributed by atoms with Crippen LogP contribution in [0.15, 0.2) is 109 Å². The van der Waals surface area contributed by atoms with Gasteiger partial charge in [0.15, 0.2) is 11.5 Å². The van der Waals surface area contributed by atoms with Gasteiger partial charge in [-0.25, -0.2) is 4.79 Å². The fourth-order valence-electron chi connectivity index (χ4n) is 4.59. The van der Waals surface area contributed by atoms with E-state index in [-0.39, 0.29) is 41.4 Å². The van der Waals surface area contributed by atoms with E-state index in [0.717, 1.165) is 11.1 Å². The Kier molecular flexibility index (Phi) is 8.25. The Morgan fingerprint density at radius 2 is 1.17 bits per heavy atom. The molecule has 0 bridgehead atoms. The van der Waals surface area contributed by atoms with Gasteiger partial charge in [-0.2, -0.15) is 0 Å². The summed E-state index contributed by atoms with van der Waals surface area (Å²) in [6, 6.07) is 32.6. The maximum absolute atomic E-state index is 14.2. The van der Waals surface area contributed by atoms with Gasteiger partial charge in [0, 0.05) is 16.3 Å². The molecule has 42 heavy (non-hydrogen) atoms. The lowest BCUT2D eigenvalue weighted by molar-refractivity contribution is 0.00694. The number of aromatic hydroxyl groups is 1. The highest BCUT2D eigenvalue weighted by Gasteiger charge is 2.28. The fourth-order valence-corrected chi connectivity index (χ4v) is 4.59. The summed E-state index contributed by atoms with van der Waals surface area (Å²) in [6.07, 6.45) is 0. The third-order valence-corrected chi connectivity index (χ3v) is 6.54. The van der Waals surface area contributed by atoms with E-state index in [1.807, 2.05) is 72.8 Å². The third-order valence-electron chi connectivity index (χ3n) is 6.54. The van der Waals surface area contributed by atoms with E-state index < -0.39 is 17.4 Å². The molecule has 0 fully saturated rings. The lowest BCUT2D eigenvalue weighted by Gasteiger charge is -2.21. The number of ketones is 1. The largest absolute Gasteiger partial charge is 0.506 e. The molecule has 0 aromatic heterocycles. The molecule has 212 valence electrons. The van der Waals surface area contributed by atoms with E-state index in [9.17, 15) is 14.7 Å². The van der Waals surface area contributed by atoms with Crippen molar-refractivity contribution in [2.75, 3.05) is 0 Å². The minimum atomic E-state index is -0.697. The predicted octanol–water partition coefficient (Wildman–Crippen LogP) is 7.89. The summed E-state index contributed by atoms with van der Waals surface area (Å²) in [5.41, 5.74) is 1.49. The van der Waals surface area contributed by atoms with Crippen LogP contribution in [0.5, 0.6) is 17.2 Å². The van der Waals surface area contributed by atoms with E-state index in [1.165, 1.54) is 6.07 Å². The summed E-state index contributed by atoms with van der Waals surface area (Å²) in [5.74, 6) is -0.828. The van der Waals surface area contributed by atoms with Crippen LogP contribution in [0.3, 0.4) is 0 Å². The Morgan fingerprint density at radius 3 is 1.76 bits per heavy atom. The molecule has 5 aromatic rings. The lowest BCUT2D eigenvalue weighted by atomic mass is 9.95. The second-order valence-electron chi connectivity index (χ2n) is 10.9. The normalized spacial score (nSPS) is 11.2. The van der Waals surface area contributed by atoms with Crippen molar-refractivity contribution in [2.24, 2.45) is 0 Å². The first-order valence-corrected chi connectivity index (χ1v) is 13.7. The van der Waals surface area contributed by atoms with Crippen LogP contribution in [0.4, 0.5) is 0 Å². The number of hydrogen-bond donors (Lipinski definition) is 1. The molecular formula is C36H32O6. The number of phenols is 1. The van der Waals surface area contributed by atoms with Gasteiger partial charge >= 0.3 is 5.97 Å².